The molecule has 1 fully saturated rings. The Balaban J connectivity index is 1.51. The molecule has 0 spiro atoms. The number of carbonyl (C=O) groups is 1. The van der Waals surface area contributed by atoms with Crippen LogP contribution in [0.3, 0.4) is 0 Å². The predicted molar refractivity (Wildman–Crippen MR) is 110 cm³/mol. The summed E-state index contributed by atoms with van der Waals surface area (Å²) in [6, 6.07) is 4.88. The molecule has 0 bridgehead atoms. The monoisotopic (exact) mass is 470 g/mol. The lowest BCUT2D eigenvalue weighted by molar-refractivity contribution is 0.0684. The summed E-state index contributed by atoms with van der Waals surface area (Å²) in [4.78, 5) is 14.1. The molecule has 4 rings (SSSR count). The van der Waals surface area contributed by atoms with Crippen molar-refractivity contribution < 1.29 is 22.0 Å². The van der Waals surface area contributed by atoms with E-state index in [2.05, 4.69) is 14.9 Å². The Bertz CT molecular complexity index is 1190. The van der Waals surface area contributed by atoms with Gasteiger partial charge in [-0.2, -0.15) is 0 Å². The summed E-state index contributed by atoms with van der Waals surface area (Å²) in [7, 11) is -3.93. The Morgan fingerprint density at radius 3 is 2.70 bits per heavy atom. The number of sulfonamides is 1. The molecule has 1 aromatic carbocycles. The molecule has 2 aromatic heterocycles. The van der Waals surface area contributed by atoms with E-state index >= 15 is 0 Å². The fourth-order valence-electron chi connectivity index (χ4n) is 2.99. The van der Waals surface area contributed by atoms with Crippen LogP contribution in [0.2, 0.25) is 5.02 Å². The van der Waals surface area contributed by atoms with Crippen molar-refractivity contribution in [2.75, 3.05) is 17.8 Å². The second kappa shape index (κ2) is 8.32. The smallest absolute Gasteiger partial charge is 0.311 e. The van der Waals surface area contributed by atoms with E-state index in [1.165, 1.54) is 23.6 Å². The molecule has 1 N–H and O–H groups in total. The van der Waals surface area contributed by atoms with Crippen LogP contribution in [0.4, 0.5) is 10.1 Å². The highest BCUT2D eigenvalue weighted by molar-refractivity contribution is 7.94. The molecule has 3 heterocycles. The van der Waals surface area contributed by atoms with Crippen molar-refractivity contribution in [2.24, 2.45) is 0 Å². The molecule has 12 heteroatoms. The maximum absolute atomic E-state index is 13.3. The van der Waals surface area contributed by atoms with Gasteiger partial charge >= 0.3 is 11.8 Å². The van der Waals surface area contributed by atoms with Gasteiger partial charge in [0.1, 0.15) is 10.0 Å². The summed E-state index contributed by atoms with van der Waals surface area (Å²) >= 11 is 6.63. The average Bonchev–Trinajstić information content (AvgIpc) is 3.40. The van der Waals surface area contributed by atoms with Crippen molar-refractivity contribution in [1.82, 2.24) is 15.1 Å². The van der Waals surface area contributed by atoms with Gasteiger partial charge in [0.15, 0.2) is 0 Å². The van der Waals surface area contributed by atoms with Gasteiger partial charge < -0.3 is 9.32 Å². The number of hydrogen-bond acceptors (Lipinski definition) is 7. The summed E-state index contributed by atoms with van der Waals surface area (Å²) < 4.78 is 46.3. The van der Waals surface area contributed by atoms with E-state index in [1.54, 1.807) is 4.90 Å². The van der Waals surface area contributed by atoms with E-state index in [1.807, 2.05) is 0 Å². The number of piperidine rings is 1. The van der Waals surface area contributed by atoms with Gasteiger partial charge in [-0.3, -0.25) is 9.52 Å². The zero-order valence-electron chi connectivity index (χ0n) is 15.5. The van der Waals surface area contributed by atoms with Crippen molar-refractivity contribution in [3.63, 3.8) is 0 Å². The van der Waals surface area contributed by atoms with Crippen molar-refractivity contribution in [2.45, 2.75) is 23.5 Å². The van der Waals surface area contributed by atoms with Crippen molar-refractivity contribution >= 4 is 44.6 Å². The van der Waals surface area contributed by atoms with Crippen LogP contribution in [0.25, 0.3) is 11.5 Å². The van der Waals surface area contributed by atoms with E-state index in [4.69, 9.17) is 16.0 Å². The van der Waals surface area contributed by atoms with Gasteiger partial charge in [-0.05, 0) is 43.5 Å². The molecule has 30 heavy (non-hydrogen) atoms. The van der Waals surface area contributed by atoms with Gasteiger partial charge in [-0.25, -0.2) is 12.8 Å². The van der Waals surface area contributed by atoms with E-state index in [9.17, 15) is 17.6 Å². The van der Waals surface area contributed by atoms with Gasteiger partial charge in [0.25, 0.3) is 10.0 Å². The van der Waals surface area contributed by atoms with Gasteiger partial charge in [-0.15, -0.1) is 21.5 Å². The molecule has 0 atom stereocenters. The van der Waals surface area contributed by atoms with Gasteiger partial charge in [0.05, 0.1) is 16.3 Å². The third-order valence-corrected chi connectivity index (χ3v) is 7.62. The number of amides is 1. The van der Waals surface area contributed by atoms with Gasteiger partial charge in [0.2, 0.25) is 5.89 Å². The fraction of sp³-hybridized carbons (Fsp3) is 0.278. The first-order valence-corrected chi connectivity index (χ1v) is 11.8. The molecule has 0 saturated carbocycles. The summed E-state index contributed by atoms with van der Waals surface area (Å²) in [6.07, 6.45) is 2.96. The Kier molecular flexibility index (Phi) is 5.76. The first kappa shape index (κ1) is 20.8. The minimum Gasteiger partial charge on any atom is -0.412 e. The van der Waals surface area contributed by atoms with Crippen molar-refractivity contribution in [3.8, 4) is 11.5 Å². The molecule has 0 aliphatic carbocycles. The number of hydrogen-bond donors (Lipinski definition) is 1. The minimum atomic E-state index is -3.93. The Hall–Kier alpha value is -2.50. The Labute approximate surface area is 180 Å². The molecule has 158 valence electrons. The SMILES string of the molecule is O=C(c1nnc(-c2csc(S(=O)(=O)Nc3ccc(F)c(Cl)c3)c2)o1)N1CCCCC1. The quantitative estimate of drug-likeness (QED) is 0.603. The molecular formula is C18H16ClFN4O4S2. The molecule has 8 nitrogen and oxygen atoms in total. The standard InChI is InChI=1S/C18H16ClFN4O4S2/c19-13-9-12(4-5-14(13)20)23-30(26,27)15-8-11(10-29-15)16-21-22-17(28-16)18(25)24-6-2-1-3-7-24/h4-5,8-10,23H,1-3,6-7H2. The van der Waals surface area contributed by atoms with Crippen molar-refractivity contribution in [1.29, 1.82) is 0 Å². The summed E-state index contributed by atoms with van der Waals surface area (Å²) in [5.74, 6) is -1.05. The average molecular weight is 471 g/mol. The summed E-state index contributed by atoms with van der Waals surface area (Å²) in [5, 5.41) is 9.02. The normalized spacial score (nSPS) is 14.7. The van der Waals surface area contributed by atoms with E-state index < -0.39 is 15.8 Å². The van der Waals surface area contributed by atoms with Crippen LogP contribution >= 0.6 is 22.9 Å². The van der Waals surface area contributed by atoms with Crippen LogP contribution in [-0.2, 0) is 10.0 Å². The van der Waals surface area contributed by atoms with Crippen LogP contribution in [-0.4, -0.2) is 42.5 Å². The highest BCUT2D eigenvalue weighted by Crippen LogP contribution is 2.30. The molecule has 1 saturated heterocycles. The Morgan fingerprint density at radius 1 is 1.20 bits per heavy atom. The third-order valence-electron chi connectivity index (χ3n) is 4.51. The molecule has 0 radical (unpaired) electrons. The topological polar surface area (TPSA) is 105 Å². The first-order valence-electron chi connectivity index (χ1n) is 9.03. The molecule has 1 aliphatic heterocycles. The third kappa shape index (κ3) is 4.32. The van der Waals surface area contributed by atoms with Crippen molar-refractivity contribution in [3.05, 3.63) is 46.4 Å². The highest BCUT2D eigenvalue weighted by Gasteiger charge is 2.25. The lowest BCUT2D eigenvalue weighted by Crippen LogP contribution is -2.35. The minimum absolute atomic E-state index is 0.0138. The lowest BCUT2D eigenvalue weighted by atomic mass is 10.1. The largest absolute Gasteiger partial charge is 0.412 e. The highest BCUT2D eigenvalue weighted by atomic mass is 35.5. The van der Waals surface area contributed by atoms with Gasteiger partial charge in [-0.1, -0.05) is 11.6 Å². The Morgan fingerprint density at radius 2 is 1.97 bits per heavy atom. The lowest BCUT2D eigenvalue weighted by Gasteiger charge is -2.24. The van der Waals surface area contributed by atoms with Crippen LogP contribution < -0.4 is 4.72 Å². The first-order chi connectivity index (χ1) is 14.3. The van der Waals surface area contributed by atoms with Crippen LogP contribution in [0.15, 0.2) is 38.3 Å². The number of aromatic nitrogens is 2. The molecule has 1 aliphatic rings. The van der Waals surface area contributed by atoms with E-state index in [0.717, 1.165) is 36.7 Å². The number of rotatable bonds is 5. The summed E-state index contributed by atoms with van der Waals surface area (Å²) in [6.45, 7) is 1.30. The van der Waals surface area contributed by atoms with Crippen LogP contribution in [0.1, 0.15) is 29.9 Å². The van der Waals surface area contributed by atoms with E-state index in [-0.39, 0.29) is 32.6 Å². The number of halogens is 2. The van der Waals surface area contributed by atoms with E-state index in [0.29, 0.717) is 18.7 Å². The molecular weight excluding hydrogens is 455 g/mol. The number of nitrogens with zero attached hydrogens (tertiary/aromatic N) is 3. The van der Waals surface area contributed by atoms with Crippen LogP contribution in [0.5, 0.6) is 0 Å². The predicted octanol–water partition coefficient (Wildman–Crippen LogP) is 4.02. The van der Waals surface area contributed by atoms with Gasteiger partial charge in [0, 0.05) is 18.5 Å². The number of carbonyl (C=O) groups excluding carboxylic acids is 1. The zero-order valence-corrected chi connectivity index (χ0v) is 17.9. The number of benzene rings is 1. The molecule has 3 aromatic rings. The fourth-order valence-corrected chi connectivity index (χ4v) is 5.38. The maximum Gasteiger partial charge on any atom is 0.311 e. The number of anilines is 1. The maximum atomic E-state index is 13.3. The second-order valence-electron chi connectivity index (χ2n) is 6.65. The second-order valence-corrected chi connectivity index (χ2v) is 9.88. The number of likely N-dealkylation sites (tertiary alicyclic amines) is 1. The zero-order chi connectivity index (χ0) is 21.3. The molecule has 0 unspecified atom stereocenters. The number of thiophene rings is 1. The molecule has 1 amide bonds. The summed E-state index contributed by atoms with van der Waals surface area (Å²) in [5.41, 5.74) is 0.506. The van der Waals surface area contributed by atoms with Crippen LogP contribution in [0, 0.1) is 5.82 Å². The number of nitrogens with one attached hydrogen (secondary N) is 1.